The molecule has 0 unspecified atom stereocenters. The van der Waals surface area contributed by atoms with Gasteiger partial charge in [-0.15, -0.1) is 0 Å². The minimum atomic E-state index is -3.63. The van der Waals surface area contributed by atoms with Crippen LogP contribution in [0.5, 0.6) is 0 Å². The van der Waals surface area contributed by atoms with Crippen molar-refractivity contribution in [2.45, 2.75) is 0 Å². The molecule has 6 nitrogen and oxygen atoms in total. The summed E-state index contributed by atoms with van der Waals surface area (Å²) in [5.74, 6) is 0. The zero-order chi connectivity index (χ0) is 7.15. The maximum atomic E-state index is 8.56. The van der Waals surface area contributed by atoms with Crippen LogP contribution in [-0.2, 0) is 4.46 Å². The summed E-state index contributed by atoms with van der Waals surface area (Å²) >= 11 is 0. The van der Waals surface area contributed by atoms with Gasteiger partial charge in [-0.3, -0.25) is 0 Å². The first kappa shape index (κ1) is 16.1. The molecule has 0 saturated carbocycles. The first-order chi connectivity index (χ1) is 3.46. The number of hydrogen-bond acceptors (Lipinski definition) is 4. The van der Waals surface area contributed by atoms with Crippen LogP contribution in [0.4, 0.5) is 4.79 Å². The van der Waals surface area contributed by atoms with E-state index < -0.39 is 15.3 Å². The Balaban J connectivity index is -0.0000000720. The van der Waals surface area contributed by atoms with Gasteiger partial charge >= 0.3 is 43.9 Å². The Hall–Kier alpha value is 0.147. The standard InChI is InChI=1S/CH2O3.Ca.O3Si/c2-1(3)4;;1-4(2)3/h(H2,2,3,4);;/q;+2;-2. The van der Waals surface area contributed by atoms with Gasteiger partial charge in [-0.1, -0.05) is 0 Å². The number of hydrogen-bond donors (Lipinski definition) is 2. The van der Waals surface area contributed by atoms with Crippen molar-refractivity contribution in [3.8, 4) is 0 Å². The van der Waals surface area contributed by atoms with E-state index in [-0.39, 0.29) is 37.7 Å². The Morgan fingerprint density at radius 3 is 1.33 bits per heavy atom. The molecule has 0 atom stereocenters. The van der Waals surface area contributed by atoms with Crippen molar-refractivity contribution in [2.24, 2.45) is 0 Å². The molecule has 0 aromatic rings. The molecular formula is CH2CaO6Si. The average molecular weight is 178 g/mol. The zero-order valence-electron chi connectivity index (χ0n) is 4.23. The second-order valence-corrected chi connectivity index (χ2v) is 1.03. The molecule has 0 aliphatic heterocycles. The molecule has 0 saturated heterocycles. The summed E-state index contributed by atoms with van der Waals surface area (Å²) in [4.78, 5) is 25.6. The molecule has 0 aromatic carbocycles. The summed E-state index contributed by atoms with van der Waals surface area (Å²) in [5.41, 5.74) is 0. The van der Waals surface area contributed by atoms with E-state index in [1.807, 2.05) is 0 Å². The molecule has 8 heteroatoms. The summed E-state index contributed by atoms with van der Waals surface area (Å²) in [6.45, 7) is 0. The summed E-state index contributed by atoms with van der Waals surface area (Å²) < 4.78 is 8.52. The first-order valence-corrected chi connectivity index (χ1v) is 2.49. The molecule has 0 amide bonds. The van der Waals surface area contributed by atoms with Gasteiger partial charge in [0.2, 0.25) is 0 Å². The summed E-state index contributed by atoms with van der Waals surface area (Å²) in [6, 6.07) is 0. The molecule has 0 spiro atoms. The third kappa shape index (κ3) is 14300. The molecule has 0 heterocycles. The molecule has 0 aliphatic carbocycles. The predicted molar refractivity (Wildman–Crippen MR) is 22.8 cm³/mol. The minimum absolute atomic E-state index is 0. The molecule has 48 valence electrons. The third-order valence-corrected chi connectivity index (χ3v) is 0. The molecule has 2 N–H and O–H groups in total. The zero-order valence-corrected chi connectivity index (χ0v) is 7.44. The smallest absolute Gasteiger partial charge is 0.672 e. The van der Waals surface area contributed by atoms with E-state index in [1.54, 1.807) is 0 Å². The van der Waals surface area contributed by atoms with Crippen LogP contribution in [0.25, 0.3) is 0 Å². The van der Waals surface area contributed by atoms with Crippen LogP contribution in [0, 0.1) is 0 Å². The third-order valence-electron chi connectivity index (χ3n) is 0. The first-order valence-electron chi connectivity index (χ1n) is 1.26. The van der Waals surface area contributed by atoms with E-state index >= 15 is 0 Å². The van der Waals surface area contributed by atoms with Crippen molar-refractivity contribution in [1.82, 2.24) is 0 Å². The summed E-state index contributed by atoms with van der Waals surface area (Å²) in [6.07, 6.45) is -1.83. The molecule has 0 radical (unpaired) electrons. The minimum Gasteiger partial charge on any atom is -0.672 e. The van der Waals surface area contributed by atoms with Crippen LogP contribution >= 0.6 is 0 Å². The van der Waals surface area contributed by atoms with Crippen LogP contribution in [0.1, 0.15) is 0 Å². The summed E-state index contributed by atoms with van der Waals surface area (Å²) in [7, 11) is -3.63. The molecule has 0 bridgehead atoms. The van der Waals surface area contributed by atoms with E-state index in [4.69, 9.17) is 29.1 Å². The molecule has 0 rings (SSSR count). The maximum Gasteiger partial charge on any atom is 2.00 e. The van der Waals surface area contributed by atoms with E-state index in [0.29, 0.717) is 0 Å². The Morgan fingerprint density at radius 2 is 1.33 bits per heavy atom. The molecular weight excluding hydrogens is 176 g/mol. The Morgan fingerprint density at radius 1 is 1.33 bits per heavy atom. The fourth-order valence-corrected chi connectivity index (χ4v) is 0. The van der Waals surface area contributed by atoms with E-state index in [0.717, 1.165) is 0 Å². The second kappa shape index (κ2) is 11.0. The normalized spacial score (nSPS) is 5.33. The Kier molecular flexibility index (Phi) is 19.7. The number of rotatable bonds is 0. The van der Waals surface area contributed by atoms with Crippen molar-refractivity contribution < 1.29 is 29.1 Å². The van der Waals surface area contributed by atoms with Crippen molar-refractivity contribution in [1.29, 1.82) is 0 Å². The monoisotopic (exact) mass is 178 g/mol. The number of carbonyl (C=O) groups is 1. The second-order valence-electron chi connectivity index (χ2n) is 0.533. The fourth-order valence-electron chi connectivity index (χ4n) is 0. The molecule has 0 aromatic heterocycles. The topological polar surface area (TPSA) is 121 Å². The van der Waals surface area contributed by atoms with Gasteiger partial charge in [0.1, 0.15) is 0 Å². The Bertz CT molecular complexity index is 71.1. The van der Waals surface area contributed by atoms with Crippen molar-refractivity contribution >= 4 is 53.1 Å². The van der Waals surface area contributed by atoms with E-state index in [9.17, 15) is 0 Å². The van der Waals surface area contributed by atoms with Crippen LogP contribution in [0.3, 0.4) is 0 Å². The van der Waals surface area contributed by atoms with Gasteiger partial charge in [0.25, 0.3) is 0 Å². The average Bonchev–Trinajstić information content (AvgIpc) is 1.25. The van der Waals surface area contributed by atoms with E-state index in [1.165, 1.54) is 0 Å². The van der Waals surface area contributed by atoms with Gasteiger partial charge in [-0.2, -0.15) is 0 Å². The van der Waals surface area contributed by atoms with Crippen LogP contribution < -0.4 is 9.59 Å². The van der Waals surface area contributed by atoms with Crippen LogP contribution in [0.2, 0.25) is 0 Å². The van der Waals surface area contributed by atoms with Crippen molar-refractivity contribution in [3.63, 3.8) is 0 Å². The SMILES string of the molecule is O=C(O)O.O=[Si]([O-])[O-].[Ca+2]. The van der Waals surface area contributed by atoms with Crippen LogP contribution in [0.15, 0.2) is 0 Å². The van der Waals surface area contributed by atoms with Gasteiger partial charge in [0.05, 0.1) is 0 Å². The van der Waals surface area contributed by atoms with Crippen molar-refractivity contribution in [3.05, 3.63) is 0 Å². The van der Waals surface area contributed by atoms with Crippen molar-refractivity contribution in [2.75, 3.05) is 0 Å². The Labute approximate surface area is 81.7 Å². The molecule has 0 fully saturated rings. The van der Waals surface area contributed by atoms with Crippen LogP contribution in [-0.4, -0.2) is 63.3 Å². The molecule has 0 aliphatic rings. The quantitative estimate of drug-likeness (QED) is 0.380. The number of carboxylic acid groups (broad SMARTS) is 2. The predicted octanol–water partition coefficient (Wildman–Crippen LogP) is -3.04. The van der Waals surface area contributed by atoms with E-state index in [2.05, 4.69) is 0 Å². The molecule has 9 heavy (non-hydrogen) atoms. The van der Waals surface area contributed by atoms with Gasteiger partial charge < -0.3 is 24.3 Å². The van der Waals surface area contributed by atoms with Gasteiger partial charge in [-0.05, 0) is 0 Å². The maximum absolute atomic E-state index is 8.56. The van der Waals surface area contributed by atoms with Gasteiger partial charge in [-0.25, -0.2) is 4.79 Å². The van der Waals surface area contributed by atoms with Gasteiger partial charge in [0, 0.05) is 9.17 Å². The van der Waals surface area contributed by atoms with Gasteiger partial charge in [0.15, 0.2) is 0 Å². The largest absolute Gasteiger partial charge is 2.00 e. The fraction of sp³-hybridized carbons (Fsp3) is 0. The summed E-state index contributed by atoms with van der Waals surface area (Å²) in [5, 5.41) is 13.9.